The number of amides is 2. The quantitative estimate of drug-likeness (QED) is 0.717. The van der Waals surface area contributed by atoms with Crippen molar-refractivity contribution in [2.45, 2.75) is 6.92 Å². The number of ether oxygens (including phenoxy) is 1. The van der Waals surface area contributed by atoms with Gasteiger partial charge in [0.2, 0.25) is 0 Å². The second-order valence-electron chi connectivity index (χ2n) is 7.25. The first kappa shape index (κ1) is 19.7. The van der Waals surface area contributed by atoms with Gasteiger partial charge in [-0.3, -0.25) is 0 Å². The fourth-order valence-corrected chi connectivity index (χ4v) is 3.56. The number of nitrogens with zero attached hydrogens (tertiary/aromatic N) is 4. The number of hydrogen-bond acceptors (Lipinski definition) is 5. The van der Waals surface area contributed by atoms with E-state index in [1.165, 1.54) is 0 Å². The summed E-state index contributed by atoms with van der Waals surface area (Å²) in [5.41, 5.74) is 3.62. The molecule has 7 heteroatoms. The fourth-order valence-electron chi connectivity index (χ4n) is 3.56. The minimum atomic E-state index is -0.0714. The summed E-state index contributed by atoms with van der Waals surface area (Å²) < 4.78 is 5.41. The van der Waals surface area contributed by atoms with E-state index in [4.69, 9.17) is 4.74 Å². The molecule has 0 radical (unpaired) electrons. The molecular weight excluding hydrogens is 378 g/mol. The first-order valence-electron chi connectivity index (χ1n) is 9.99. The number of carbonyl (C=O) groups excluding carboxylic acids is 1. The van der Waals surface area contributed by atoms with E-state index in [2.05, 4.69) is 20.4 Å². The van der Waals surface area contributed by atoms with Gasteiger partial charge in [-0.25, -0.2) is 4.79 Å². The molecule has 30 heavy (non-hydrogen) atoms. The molecular formula is C23H25N5O2. The van der Waals surface area contributed by atoms with Crippen molar-refractivity contribution in [1.29, 1.82) is 0 Å². The van der Waals surface area contributed by atoms with Crippen molar-refractivity contribution in [3.8, 4) is 17.0 Å². The summed E-state index contributed by atoms with van der Waals surface area (Å²) in [4.78, 5) is 16.5. The molecule has 0 atom stereocenters. The van der Waals surface area contributed by atoms with Gasteiger partial charge in [0.05, 0.1) is 12.8 Å². The number of para-hydroxylation sites is 1. The molecule has 0 spiro atoms. The van der Waals surface area contributed by atoms with Crippen LogP contribution in [0.3, 0.4) is 0 Å². The molecule has 2 amide bonds. The van der Waals surface area contributed by atoms with Crippen LogP contribution >= 0.6 is 0 Å². The zero-order valence-corrected chi connectivity index (χ0v) is 17.2. The third kappa shape index (κ3) is 4.35. The molecule has 0 saturated carbocycles. The Morgan fingerprint density at radius 3 is 2.47 bits per heavy atom. The number of methoxy groups -OCH3 is 1. The summed E-state index contributed by atoms with van der Waals surface area (Å²) in [5.74, 6) is 1.58. The average molecular weight is 403 g/mol. The van der Waals surface area contributed by atoms with Gasteiger partial charge in [-0.2, -0.15) is 0 Å². The number of carbonyl (C=O) groups is 1. The molecule has 1 fully saturated rings. The molecule has 3 aromatic rings. The topological polar surface area (TPSA) is 70.6 Å². The van der Waals surface area contributed by atoms with E-state index in [-0.39, 0.29) is 6.03 Å². The van der Waals surface area contributed by atoms with Crippen LogP contribution in [-0.2, 0) is 0 Å². The fraction of sp³-hybridized carbons (Fsp3) is 0.261. The normalized spacial score (nSPS) is 13.8. The molecule has 154 valence electrons. The highest BCUT2D eigenvalue weighted by molar-refractivity contribution is 5.89. The van der Waals surface area contributed by atoms with Gasteiger partial charge in [-0.15, -0.1) is 10.2 Å². The maximum atomic E-state index is 12.5. The number of rotatable bonds is 4. The molecule has 1 aliphatic heterocycles. The zero-order valence-electron chi connectivity index (χ0n) is 17.2. The summed E-state index contributed by atoms with van der Waals surface area (Å²) in [6.45, 7) is 4.70. The van der Waals surface area contributed by atoms with E-state index in [9.17, 15) is 4.79 Å². The molecule has 7 nitrogen and oxygen atoms in total. The number of piperazine rings is 1. The highest BCUT2D eigenvalue weighted by atomic mass is 16.5. The molecule has 0 unspecified atom stereocenters. The lowest BCUT2D eigenvalue weighted by Gasteiger charge is -2.35. The highest BCUT2D eigenvalue weighted by Crippen LogP contribution is 2.28. The molecule has 4 rings (SSSR count). The van der Waals surface area contributed by atoms with E-state index in [1.807, 2.05) is 72.5 Å². The van der Waals surface area contributed by atoms with Gasteiger partial charge in [0, 0.05) is 37.4 Å². The van der Waals surface area contributed by atoms with Crippen LogP contribution in [0.4, 0.5) is 16.3 Å². The first-order valence-corrected chi connectivity index (χ1v) is 9.99. The van der Waals surface area contributed by atoms with Crippen LogP contribution in [0.25, 0.3) is 11.3 Å². The Kier molecular flexibility index (Phi) is 5.79. The Labute approximate surface area is 176 Å². The lowest BCUT2D eigenvalue weighted by Crippen LogP contribution is -2.50. The van der Waals surface area contributed by atoms with Gasteiger partial charge in [-0.05, 0) is 48.9 Å². The largest absolute Gasteiger partial charge is 0.496 e. The molecule has 2 aromatic carbocycles. The van der Waals surface area contributed by atoms with E-state index >= 15 is 0 Å². The van der Waals surface area contributed by atoms with Crippen molar-refractivity contribution in [2.24, 2.45) is 0 Å². The van der Waals surface area contributed by atoms with E-state index in [0.717, 1.165) is 34.1 Å². The Morgan fingerprint density at radius 2 is 1.77 bits per heavy atom. The monoisotopic (exact) mass is 403 g/mol. The van der Waals surface area contributed by atoms with Crippen molar-refractivity contribution >= 4 is 17.5 Å². The minimum Gasteiger partial charge on any atom is -0.496 e. The highest BCUT2D eigenvalue weighted by Gasteiger charge is 2.22. The second kappa shape index (κ2) is 8.82. The summed E-state index contributed by atoms with van der Waals surface area (Å²) in [6.07, 6.45) is 0. The van der Waals surface area contributed by atoms with Crippen LogP contribution in [0, 0.1) is 6.92 Å². The number of benzene rings is 2. The van der Waals surface area contributed by atoms with Crippen LogP contribution in [0.2, 0.25) is 0 Å². The van der Waals surface area contributed by atoms with Gasteiger partial charge in [-0.1, -0.05) is 24.3 Å². The van der Waals surface area contributed by atoms with Crippen molar-refractivity contribution in [2.75, 3.05) is 43.5 Å². The Balaban J connectivity index is 1.36. The lowest BCUT2D eigenvalue weighted by atomic mass is 10.1. The van der Waals surface area contributed by atoms with Crippen LogP contribution < -0.4 is 15.0 Å². The Bertz CT molecular complexity index is 1010. The van der Waals surface area contributed by atoms with Crippen molar-refractivity contribution in [1.82, 2.24) is 15.1 Å². The molecule has 0 bridgehead atoms. The van der Waals surface area contributed by atoms with Crippen LogP contribution in [0.15, 0.2) is 60.7 Å². The van der Waals surface area contributed by atoms with E-state index < -0.39 is 0 Å². The standard InChI is InChI=1S/C23H25N5O2/c1-17-6-5-7-18(16-17)24-23(29)28-14-12-27(13-15-28)22-11-10-20(25-26-22)19-8-3-4-9-21(19)30-2/h3-11,16H,12-15H2,1-2H3,(H,24,29). The molecule has 1 aliphatic rings. The maximum Gasteiger partial charge on any atom is 0.321 e. The van der Waals surface area contributed by atoms with Crippen molar-refractivity contribution in [3.63, 3.8) is 0 Å². The summed E-state index contributed by atoms with van der Waals surface area (Å²) >= 11 is 0. The van der Waals surface area contributed by atoms with Gasteiger partial charge in [0.25, 0.3) is 0 Å². The number of aryl methyl sites for hydroxylation is 1. The molecule has 1 N–H and O–H groups in total. The molecule has 1 saturated heterocycles. The number of anilines is 2. The Hall–Kier alpha value is -3.61. The van der Waals surface area contributed by atoms with Crippen LogP contribution in [0.1, 0.15) is 5.56 Å². The van der Waals surface area contributed by atoms with Gasteiger partial charge >= 0.3 is 6.03 Å². The molecule has 1 aromatic heterocycles. The number of urea groups is 1. The van der Waals surface area contributed by atoms with Crippen molar-refractivity contribution < 1.29 is 9.53 Å². The zero-order chi connectivity index (χ0) is 20.9. The number of aromatic nitrogens is 2. The minimum absolute atomic E-state index is 0.0714. The smallest absolute Gasteiger partial charge is 0.321 e. The first-order chi connectivity index (χ1) is 14.6. The second-order valence-corrected chi connectivity index (χ2v) is 7.25. The summed E-state index contributed by atoms with van der Waals surface area (Å²) in [6, 6.07) is 19.4. The van der Waals surface area contributed by atoms with E-state index in [0.29, 0.717) is 26.2 Å². The maximum absolute atomic E-state index is 12.5. The number of nitrogens with one attached hydrogen (secondary N) is 1. The van der Waals surface area contributed by atoms with Gasteiger partial charge in [0.15, 0.2) is 5.82 Å². The average Bonchev–Trinajstić information content (AvgIpc) is 2.79. The predicted octanol–water partition coefficient (Wildman–Crippen LogP) is 3.81. The molecule has 0 aliphatic carbocycles. The third-order valence-electron chi connectivity index (χ3n) is 5.19. The predicted molar refractivity (Wildman–Crippen MR) is 118 cm³/mol. The summed E-state index contributed by atoms with van der Waals surface area (Å²) in [7, 11) is 1.65. The van der Waals surface area contributed by atoms with E-state index in [1.54, 1.807) is 7.11 Å². The van der Waals surface area contributed by atoms with Crippen LogP contribution in [0.5, 0.6) is 5.75 Å². The van der Waals surface area contributed by atoms with Gasteiger partial charge < -0.3 is 19.9 Å². The SMILES string of the molecule is COc1ccccc1-c1ccc(N2CCN(C(=O)Nc3cccc(C)c3)CC2)nn1. The van der Waals surface area contributed by atoms with Crippen molar-refractivity contribution in [3.05, 3.63) is 66.2 Å². The molecule has 2 heterocycles. The lowest BCUT2D eigenvalue weighted by molar-refractivity contribution is 0.208. The van der Waals surface area contributed by atoms with Gasteiger partial charge in [0.1, 0.15) is 5.75 Å². The third-order valence-corrected chi connectivity index (χ3v) is 5.19. The number of hydrogen-bond donors (Lipinski definition) is 1. The summed E-state index contributed by atoms with van der Waals surface area (Å²) in [5, 5.41) is 11.8. The van der Waals surface area contributed by atoms with Crippen LogP contribution in [-0.4, -0.2) is 54.4 Å². The Morgan fingerprint density at radius 1 is 0.967 bits per heavy atom.